The SMILES string of the molecule is CCC(CNc1noc(-c2ccccc2)c1C(=O)O)N1CCOCC1. The zero-order valence-corrected chi connectivity index (χ0v) is 14.3. The van der Waals surface area contributed by atoms with Gasteiger partial charge in [-0.2, -0.15) is 0 Å². The molecule has 1 unspecified atom stereocenters. The Labute approximate surface area is 146 Å². The van der Waals surface area contributed by atoms with E-state index in [0.717, 1.165) is 32.7 Å². The molecule has 1 atom stereocenters. The van der Waals surface area contributed by atoms with Crippen molar-refractivity contribution in [3.63, 3.8) is 0 Å². The zero-order valence-electron chi connectivity index (χ0n) is 14.3. The average Bonchev–Trinajstić information content (AvgIpc) is 3.08. The number of rotatable bonds is 7. The molecule has 1 fully saturated rings. The summed E-state index contributed by atoms with van der Waals surface area (Å²) < 4.78 is 10.7. The topological polar surface area (TPSA) is 87.8 Å². The molecule has 25 heavy (non-hydrogen) atoms. The lowest BCUT2D eigenvalue weighted by Gasteiger charge is -2.34. The molecule has 1 aromatic heterocycles. The third-order valence-electron chi connectivity index (χ3n) is 4.48. The zero-order chi connectivity index (χ0) is 17.6. The van der Waals surface area contributed by atoms with E-state index in [1.807, 2.05) is 18.2 Å². The first kappa shape index (κ1) is 17.4. The van der Waals surface area contributed by atoms with E-state index in [2.05, 4.69) is 22.3 Å². The summed E-state index contributed by atoms with van der Waals surface area (Å²) in [6, 6.07) is 9.44. The number of nitrogens with one attached hydrogen (secondary N) is 1. The summed E-state index contributed by atoms with van der Waals surface area (Å²) in [7, 11) is 0. The molecule has 1 aliphatic heterocycles. The molecule has 0 spiro atoms. The number of carboxylic acid groups (broad SMARTS) is 1. The van der Waals surface area contributed by atoms with E-state index in [0.29, 0.717) is 18.2 Å². The minimum absolute atomic E-state index is 0.0723. The van der Waals surface area contributed by atoms with Crippen LogP contribution in [-0.2, 0) is 4.74 Å². The molecular weight excluding hydrogens is 322 g/mol. The number of nitrogens with zero attached hydrogens (tertiary/aromatic N) is 2. The second-order valence-electron chi connectivity index (χ2n) is 6.00. The number of anilines is 1. The normalized spacial score (nSPS) is 16.5. The molecule has 0 radical (unpaired) electrons. The van der Waals surface area contributed by atoms with Crippen LogP contribution < -0.4 is 5.32 Å². The van der Waals surface area contributed by atoms with Crippen molar-refractivity contribution < 1.29 is 19.2 Å². The van der Waals surface area contributed by atoms with Crippen LogP contribution in [-0.4, -0.2) is 60.0 Å². The highest BCUT2D eigenvalue weighted by Gasteiger charge is 2.25. The molecular formula is C18H23N3O4. The molecule has 7 heteroatoms. The van der Waals surface area contributed by atoms with E-state index in [-0.39, 0.29) is 17.1 Å². The number of aromatic nitrogens is 1. The number of carboxylic acids is 1. The first-order valence-electron chi connectivity index (χ1n) is 8.54. The summed E-state index contributed by atoms with van der Waals surface area (Å²) in [5.74, 6) is -0.505. The molecule has 3 rings (SSSR count). The summed E-state index contributed by atoms with van der Waals surface area (Å²) in [6.07, 6.45) is 0.957. The highest BCUT2D eigenvalue weighted by Crippen LogP contribution is 2.29. The molecule has 0 bridgehead atoms. The Kier molecular flexibility index (Phi) is 5.67. The first-order valence-corrected chi connectivity index (χ1v) is 8.54. The number of hydrogen-bond donors (Lipinski definition) is 2. The Hall–Kier alpha value is -2.38. The van der Waals surface area contributed by atoms with Crippen LogP contribution in [0, 0.1) is 0 Å². The van der Waals surface area contributed by atoms with Gasteiger partial charge in [-0.15, -0.1) is 0 Å². The third-order valence-corrected chi connectivity index (χ3v) is 4.48. The van der Waals surface area contributed by atoms with Crippen molar-refractivity contribution in [3.8, 4) is 11.3 Å². The van der Waals surface area contributed by atoms with E-state index in [1.54, 1.807) is 12.1 Å². The van der Waals surface area contributed by atoms with Gasteiger partial charge in [-0.1, -0.05) is 42.4 Å². The van der Waals surface area contributed by atoms with Crippen LogP contribution in [0.1, 0.15) is 23.7 Å². The second kappa shape index (κ2) is 8.13. The summed E-state index contributed by atoms with van der Waals surface area (Å²) in [5.41, 5.74) is 0.767. The Morgan fingerprint density at radius 1 is 1.32 bits per heavy atom. The maximum absolute atomic E-state index is 11.7. The monoisotopic (exact) mass is 345 g/mol. The molecule has 7 nitrogen and oxygen atoms in total. The molecule has 1 aromatic carbocycles. The van der Waals surface area contributed by atoms with Gasteiger partial charge < -0.3 is 19.7 Å². The van der Waals surface area contributed by atoms with Gasteiger partial charge in [0, 0.05) is 31.2 Å². The Balaban J connectivity index is 1.76. The van der Waals surface area contributed by atoms with Crippen molar-refractivity contribution in [3.05, 3.63) is 35.9 Å². The van der Waals surface area contributed by atoms with Gasteiger partial charge in [0.2, 0.25) is 0 Å². The van der Waals surface area contributed by atoms with Gasteiger partial charge >= 0.3 is 5.97 Å². The predicted molar refractivity (Wildman–Crippen MR) is 93.9 cm³/mol. The van der Waals surface area contributed by atoms with Crippen LogP contribution in [0.25, 0.3) is 11.3 Å². The number of hydrogen-bond acceptors (Lipinski definition) is 6. The van der Waals surface area contributed by atoms with Crippen LogP contribution in [0.15, 0.2) is 34.9 Å². The smallest absolute Gasteiger partial charge is 0.343 e. The van der Waals surface area contributed by atoms with Crippen LogP contribution in [0.5, 0.6) is 0 Å². The van der Waals surface area contributed by atoms with Crippen molar-refractivity contribution in [1.29, 1.82) is 0 Å². The molecule has 2 heterocycles. The standard InChI is InChI=1S/C18H23N3O4/c1-2-14(21-8-10-24-11-9-21)12-19-17-15(18(22)23)16(25-20-17)13-6-4-3-5-7-13/h3-7,14H,2,8-12H2,1H3,(H,19,20)(H,22,23). The maximum atomic E-state index is 11.7. The fraction of sp³-hybridized carbons (Fsp3) is 0.444. The lowest BCUT2D eigenvalue weighted by molar-refractivity contribution is 0.0184. The lowest BCUT2D eigenvalue weighted by Crippen LogP contribution is -2.46. The quantitative estimate of drug-likeness (QED) is 0.797. The van der Waals surface area contributed by atoms with Crippen molar-refractivity contribution in [2.45, 2.75) is 19.4 Å². The van der Waals surface area contributed by atoms with Gasteiger partial charge in [0.1, 0.15) is 0 Å². The van der Waals surface area contributed by atoms with E-state index in [4.69, 9.17) is 9.26 Å². The third kappa shape index (κ3) is 4.00. The van der Waals surface area contributed by atoms with Crippen molar-refractivity contribution in [2.75, 3.05) is 38.2 Å². The molecule has 0 aliphatic carbocycles. The second-order valence-corrected chi connectivity index (χ2v) is 6.00. The molecule has 2 aromatic rings. The average molecular weight is 345 g/mol. The largest absolute Gasteiger partial charge is 0.477 e. The Morgan fingerprint density at radius 2 is 2.04 bits per heavy atom. The number of morpholine rings is 1. The summed E-state index contributed by atoms with van der Waals surface area (Å²) in [4.78, 5) is 14.1. The Bertz CT molecular complexity index is 696. The number of carbonyl (C=O) groups is 1. The highest BCUT2D eigenvalue weighted by molar-refractivity contribution is 5.99. The maximum Gasteiger partial charge on any atom is 0.343 e. The molecule has 1 saturated heterocycles. The summed E-state index contributed by atoms with van der Waals surface area (Å²) in [5, 5.41) is 16.7. The number of aromatic carboxylic acids is 1. The van der Waals surface area contributed by atoms with E-state index in [9.17, 15) is 9.90 Å². The first-order chi connectivity index (χ1) is 12.2. The van der Waals surface area contributed by atoms with Crippen LogP contribution in [0.3, 0.4) is 0 Å². The van der Waals surface area contributed by atoms with Gasteiger partial charge in [-0.3, -0.25) is 4.90 Å². The van der Waals surface area contributed by atoms with E-state index >= 15 is 0 Å². The van der Waals surface area contributed by atoms with E-state index in [1.165, 1.54) is 0 Å². The van der Waals surface area contributed by atoms with Gasteiger partial charge in [-0.05, 0) is 6.42 Å². The van der Waals surface area contributed by atoms with E-state index < -0.39 is 5.97 Å². The van der Waals surface area contributed by atoms with Crippen LogP contribution >= 0.6 is 0 Å². The molecule has 0 saturated carbocycles. The van der Waals surface area contributed by atoms with Gasteiger partial charge in [-0.25, -0.2) is 4.79 Å². The molecule has 0 amide bonds. The fourth-order valence-corrected chi connectivity index (χ4v) is 3.08. The number of ether oxygens (including phenoxy) is 1. The molecule has 134 valence electrons. The van der Waals surface area contributed by atoms with Crippen molar-refractivity contribution in [1.82, 2.24) is 10.1 Å². The highest BCUT2D eigenvalue weighted by atomic mass is 16.5. The van der Waals surface area contributed by atoms with Crippen molar-refractivity contribution >= 4 is 11.8 Å². The predicted octanol–water partition coefficient (Wildman–Crippen LogP) is 2.56. The van der Waals surface area contributed by atoms with Gasteiger partial charge in [0.25, 0.3) is 0 Å². The molecule has 2 N–H and O–H groups in total. The van der Waals surface area contributed by atoms with Crippen LogP contribution in [0.2, 0.25) is 0 Å². The Morgan fingerprint density at radius 3 is 2.68 bits per heavy atom. The minimum Gasteiger partial charge on any atom is -0.477 e. The summed E-state index contributed by atoms with van der Waals surface area (Å²) in [6.45, 7) is 5.98. The number of benzene rings is 1. The minimum atomic E-state index is -1.05. The fourth-order valence-electron chi connectivity index (χ4n) is 3.08. The van der Waals surface area contributed by atoms with Gasteiger partial charge in [0.05, 0.1) is 13.2 Å². The molecule has 1 aliphatic rings. The van der Waals surface area contributed by atoms with Crippen LogP contribution in [0.4, 0.5) is 5.82 Å². The van der Waals surface area contributed by atoms with Crippen molar-refractivity contribution in [2.24, 2.45) is 0 Å². The summed E-state index contributed by atoms with van der Waals surface area (Å²) >= 11 is 0. The van der Waals surface area contributed by atoms with Gasteiger partial charge in [0.15, 0.2) is 17.1 Å². The lowest BCUT2D eigenvalue weighted by atomic mass is 10.1.